The van der Waals surface area contributed by atoms with E-state index >= 15 is 0 Å². The van der Waals surface area contributed by atoms with Crippen LogP contribution in [0.25, 0.3) is 0 Å². The van der Waals surface area contributed by atoms with Gasteiger partial charge in [0.1, 0.15) is 5.82 Å². The molecule has 1 aliphatic heterocycles. The van der Waals surface area contributed by atoms with Gasteiger partial charge in [-0.3, -0.25) is 0 Å². The van der Waals surface area contributed by atoms with Gasteiger partial charge in [0.2, 0.25) is 0 Å². The van der Waals surface area contributed by atoms with E-state index in [1.54, 1.807) is 0 Å². The SMILES string of the molecule is O=C(O)N1C[C@H]2C[C@H]2C[C@H]1CNc1cnc(C(F)(F)F)cn1. The Morgan fingerprint density at radius 3 is 2.68 bits per heavy atom. The number of carbonyl (C=O) groups is 1. The van der Waals surface area contributed by atoms with E-state index in [-0.39, 0.29) is 11.9 Å². The molecular weight excluding hydrogens is 301 g/mol. The molecule has 0 unspecified atom stereocenters. The van der Waals surface area contributed by atoms with Crippen molar-refractivity contribution in [3.05, 3.63) is 18.1 Å². The fourth-order valence-electron chi connectivity index (χ4n) is 2.92. The van der Waals surface area contributed by atoms with Crippen LogP contribution in [0.4, 0.5) is 23.8 Å². The fraction of sp³-hybridized carbons (Fsp3) is 0.615. The minimum absolute atomic E-state index is 0.189. The topological polar surface area (TPSA) is 78.4 Å². The third kappa shape index (κ3) is 3.07. The van der Waals surface area contributed by atoms with Gasteiger partial charge in [-0.15, -0.1) is 0 Å². The average Bonchev–Trinajstić information content (AvgIpc) is 3.21. The summed E-state index contributed by atoms with van der Waals surface area (Å²) in [7, 11) is 0. The molecule has 1 saturated heterocycles. The zero-order chi connectivity index (χ0) is 15.9. The molecule has 120 valence electrons. The van der Waals surface area contributed by atoms with Crippen LogP contribution >= 0.6 is 0 Å². The van der Waals surface area contributed by atoms with Crippen LogP contribution in [0.3, 0.4) is 0 Å². The number of halogens is 3. The van der Waals surface area contributed by atoms with Crippen LogP contribution in [0.5, 0.6) is 0 Å². The molecule has 0 bridgehead atoms. The Morgan fingerprint density at radius 2 is 2.09 bits per heavy atom. The summed E-state index contributed by atoms with van der Waals surface area (Å²) < 4.78 is 37.2. The monoisotopic (exact) mass is 316 g/mol. The number of nitrogens with zero attached hydrogens (tertiary/aromatic N) is 3. The van der Waals surface area contributed by atoms with Crippen molar-refractivity contribution in [3.8, 4) is 0 Å². The lowest BCUT2D eigenvalue weighted by Crippen LogP contribution is -2.47. The van der Waals surface area contributed by atoms with E-state index in [1.165, 1.54) is 4.90 Å². The van der Waals surface area contributed by atoms with Gasteiger partial charge in [0.15, 0.2) is 5.69 Å². The zero-order valence-electron chi connectivity index (χ0n) is 11.5. The predicted molar refractivity (Wildman–Crippen MR) is 70.3 cm³/mol. The van der Waals surface area contributed by atoms with Crippen molar-refractivity contribution in [1.29, 1.82) is 0 Å². The molecule has 1 saturated carbocycles. The molecule has 3 rings (SSSR count). The Labute approximate surface area is 124 Å². The highest BCUT2D eigenvalue weighted by atomic mass is 19.4. The van der Waals surface area contributed by atoms with Crippen molar-refractivity contribution in [1.82, 2.24) is 14.9 Å². The van der Waals surface area contributed by atoms with Gasteiger partial charge in [-0.1, -0.05) is 0 Å². The van der Waals surface area contributed by atoms with Gasteiger partial charge in [-0.25, -0.2) is 14.8 Å². The van der Waals surface area contributed by atoms with Gasteiger partial charge in [0.05, 0.1) is 18.4 Å². The highest BCUT2D eigenvalue weighted by Gasteiger charge is 2.47. The molecule has 3 atom stereocenters. The van der Waals surface area contributed by atoms with E-state index in [1.807, 2.05) is 0 Å². The molecule has 9 heteroatoms. The van der Waals surface area contributed by atoms with Gasteiger partial charge >= 0.3 is 12.3 Å². The van der Waals surface area contributed by atoms with Gasteiger partial charge in [-0.05, 0) is 24.7 Å². The predicted octanol–water partition coefficient (Wildman–Crippen LogP) is 2.30. The maximum atomic E-state index is 12.4. The van der Waals surface area contributed by atoms with E-state index in [0.717, 1.165) is 19.0 Å². The lowest BCUT2D eigenvalue weighted by molar-refractivity contribution is -0.141. The first-order valence-corrected chi connectivity index (χ1v) is 6.97. The summed E-state index contributed by atoms with van der Waals surface area (Å²) in [4.78, 5) is 19.6. The number of carboxylic acid groups (broad SMARTS) is 1. The summed E-state index contributed by atoms with van der Waals surface area (Å²) in [6.45, 7) is 0.848. The van der Waals surface area contributed by atoms with E-state index in [2.05, 4.69) is 15.3 Å². The minimum atomic E-state index is -4.52. The molecule has 2 N–H and O–H groups in total. The van der Waals surface area contributed by atoms with Crippen LogP contribution in [0.2, 0.25) is 0 Å². The largest absolute Gasteiger partial charge is 0.465 e. The number of nitrogens with one attached hydrogen (secondary N) is 1. The van der Waals surface area contributed by atoms with E-state index in [9.17, 15) is 23.1 Å². The van der Waals surface area contributed by atoms with Crippen molar-refractivity contribution >= 4 is 11.9 Å². The number of fused-ring (bicyclic) bond motifs is 1. The molecule has 1 aliphatic carbocycles. The number of anilines is 1. The molecule has 0 radical (unpaired) electrons. The van der Waals surface area contributed by atoms with Gasteiger partial charge in [0, 0.05) is 13.1 Å². The first-order chi connectivity index (χ1) is 10.3. The first-order valence-electron chi connectivity index (χ1n) is 6.97. The molecule has 1 aromatic heterocycles. The molecule has 2 heterocycles. The summed E-state index contributed by atoms with van der Waals surface area (Å²) in [6.07, 6.45) is -1.98. The molecule has 2 fully saturated rings. The Balaban J connectivity index is 1.60. The molecule has 1 aromatic rings. The van der Waals surface area contributed by atoms with Crippen molar-refractivity contribution in [2.24, 2.45) is 11.8 Å². The highest BCUT2D eigenvalue weighted by Crippen LogP contribution is 2.47. The molecule has 0 aromatic carbocycles. The normalized spacial score (nSPS) is 27.2. The second kappa shape index (κ2) is 5.29. The third-order valence-corrected chi connectivity index (χ3v) is 4.22. The van der Waals surface area contributed by atoms with Crippen LogP contribution in [0.15, 0.2) is 12.4 Å². The summed E-state index contributed by atoms with van der Waals surface area (Å²) in [5.74, 6) is 1.25. The average molecular weight is 316 g/mol. The number of hydrogen-bond donors (Lipinski definition) is 2. The lowest BCUT2D eigenvalue weighted by Gasteiger charge is -2.33. The fourth-order valence-corrected chi connectivity index (χ4v) is 2.92. The molecule has 0 spiro atoms. The first kappa shape index (κ1) is 14.9. The van der Waals surface area contributed by atoms with Crippen LogP contribution in [-0.4, -0.2) is 45.2 Å². The number of amides is 1. The molecule has 22 heavy (non-hydrogen) atoms. The second-order valence-corrected chi connectivity index (χ2v) is 5.75. The Kier molecular flexibility index (Phi) is 3.57. The van der Waals surface area contributed by atoms with E-state index in [4.69, 9.17) is 0 Å². The summed E-state index contributed by atoms with van der Waals surface area (Å²) in [5, 5.41) is 12.1. The zero-order valence-corrected chi connectivity index (χ0v) is 11.5. The molecule has 1 amide bonds. The lowest BCUT2D eigenvalue weighted by atomic mass is 10.0. The number of alkyl halides is 3. The molecule has 6 nitrogen and oxygen atoms in total. The maximum absolute atomic E-state index is 12.4. The Hall–Kier alpha value is -2.06. The number of likely N-dealkylation sites (tertiary alicyclic amines) is 1. The molecular formula is C13H15F3N4O2. The van der Waals surface area contributed by atoms with Crippen LogP contribution < -0.4 is 5.32 Å². The summed E-state index contributed by atoms with van der Waals surface area (Å²) in [6, 6.07) is -0.189. The van der Waals surface area contributed by atoms with Gasteiger partial charge < -0.3 is 15.3 Å². The van der Waals surface area contributed by atoms with Crippen molar-refractivity contribution in [2.75, 3.05) is 18.4 Å². The number of aromatic nitrogens is 2. The van der Waals surface area contributed by atoms with Crippen molar-refractivity contribution in [3.63, 3.8) is 0 Å². The summed E-state index contributed by atoms with van der Waals surface area (Å²) in [5.41, 5.74) is -1.05. The molecule has 2 aliphatic rings. The van der Waals surface area contributed by atoms with Gasteiger partial charge in [0.25, 0.3) is 0 Å². The third-order valence-electron chi connectivity index (χ3n) is 4.22. The smallest absolute Gasteiger partial charge is 0.434 e. The van der Waals surface area contributed by atoms with Crippen LogP contribution in [0.1, 0.15) is 18.5 Å². The summed E-state index contributed by atoms with van der Waals surface area (Å²) >= 11 is 0. The van der Waals surface area contributed by atoms with E-state index < -0.39 is 18.0 Å². The quantitative estimate of drug-likeness (QED) is 0.894. The van der Waals surface area contributed by atoms with Gasteiger partial charge in [-0.2, -0.15) is 13.2 Å². The van der Waals surface area contributed by atoms with Crippen LogP contribution in [0, 0.1) is 11.8 Å². The number of hydrogen-bond acceptors (Lipinski definition) is 4. The van der Waals surface area contributed by atoms with Crippen molar-refractivity contribution in [2.45, 2.75) is 25.1 Å². The number of rotatable bonds is 3. The Morgan fingerprint density at radius 1 is 1.32 bits per heavy atom. The maximum Gasteiger partial charge on any atom is 0.434 e. The standard InChI is InChI=1S/C13H15F3N4O2/c14-13(15,16)10-4-19-11(5-17-10)18-3-9-2-7-1-8(7)6-20(9)12(21)22/h4-5,7-9H,1-3,6H2,(H,18,19)(H,21,22)/t7-,8+,9-/m0/s1. The number of piperidine rings is 1. The minimum Gasteiger partial charge on any atom is -0.465 e. The van der Waals surface area contributed by atoms with E-state index in [0.29, 0.717) is 31.1 Å². The Bertz CT molecular complexity index is 563. The van der Waals surface area contributed by atoms with Crippen molar-refractivity contribution < 1.29 is 23.1 Å². The highest BCUT2D eigenvalue weighted by molar-refractivity contribution is 5.66. The second-order valence-electron chi connectivity index (χ2n) is 5.75. The van der Waals surface area contributed by atoms with Crippen LogP contribution in [-0.2, 0) is 6.18 Å².